The number of rotatable bonds is 5. The van der Waals surface area contributed by atoms with Gasteiger partial charge in [-0.25, -0.2) is 0 Å². The van der Waals surface area contributed by atoms with Crippen LogP contribution in [0, 0.1) is 5.92 Å². The summed E-state index contributed by atoms with van der Waals surface area (Å²) in [6, 6.07) is 0. The number of unbranched alkanes of at least 4 members (excludes halogenated alkanes) is 1. The van der Waals surface area contributed by atoms with Gasteiger partial charge < -0.3 is 10.2 Å². The summed E-state index contributed by atoms with van der Waals surface area (Å²) < 4.78 is 0. The van der Waals surface area contributed by atoms with Gasteiger partial charge in [-0.05, 0) is 51.2 Å². The van der Waals surface area contributed by atoms with Crippen LogP contribution in [0.4, 0.5) is 0 Å². The first-order valence-corrected chi connectivity index (χ1v) is 8.18. The van der Waals surface area contributed by atoms with Crippen molar-refractivity contribution in [2.24, 2.45) is 5.92 Å². The van der Waals surface area contributed by atoms with E-state index in [0.29, 0.717) is 5.54 Å². The number of nitrogens with zero attached hydrogens (tertiary/aromatic N) is 1. The fourth-order valence-corrected chi connectivity index (χ4v) is 3.68. The van der Waals surface area contributed by atoms with Gasteiger partial charge in [0, 0.05) is 12.1 Å². The summed E-state index contributed by atoms with van der Waals surface area (Å²) in [6.45, 7) is 9.87. The molecule has 18 heavy (non-hydrogen) atoms. The number of hydrogen-bond acceptors (Lipinski definition) is 2. The standard InChI is InChI=1S/C16H32N2/c1-15(2)8-3-6-12-18-13-7-11-17-16(14-18)9-4-5-10-16/h15,17H,3-14H2,1-2H3. The summed E-state index contributed by atoms with van der Waals surface area (Å²) in [5.41, 5.74) is 0.495. The first-order valence-electron chi connectivity index (χ1n) is 8.18. The van der Waals surface area contributed by atoms with Crippen LogP contribution in [0.1, 0.15) is 65.2 Å². The van der Waals surface area contributed by atoms with E-state index in [1.54, 1.807) is 0 Å². The fraction of sp³-hybridized carbons (Fsp3) is 1.00. The normalized spacial score (nSPS) is 24.8. The van der Waals surface area contributed by atoms with Crippen LogP contribution in [0.15, 0.2) is 0 Å². The van der Waals surface area contributed by atoms with E-state index in [4.69, 9.17) is 0 Å². The summed E-state index contributed by atoms with van der Waals surface area (Å²) in [7, 11) is 0. The monoisotopic (exact) mass is 252 g/mol. The van der Waals surface area contributed by atoms with Gasteiger partial charge in [0.05, 0.1) is 0 Å². The Labute approximate surface area is 114 Å². The zero-order valence-electron chi connectivity index (χ0n) is 12.5. The van der Waals surface area contributed by atoms with Gasteiger partial charge in [-0.15, -0.1) is 0 Å². The molecule has 0 unspecified atom stereocenters. The zero-order chi connectivity index (χ0) is 12.8. The van der Waals surface area contributed by atoms with E-state index < -0.39 is 0 Å². The Morgan fingerprint density at radius 1 is 1.11 bits per heavy atom. The average Bonchev–Trinajstić information content (AvgIpc) is 2.67. The highest BCUT2D eigenvalue weighted by Crippen LogP contribution is 2.31. The predicted molar refractivity (Wildman–Crippen MR) is 78.9 cm³/mol. The third-order valence-electron chi connectivity index (χ3n) is 4.74. The molecule has 0 aromatic carbocycles. The van der Waals surface area contributed by atoms with E-state index in [0.717, 1.165) is 5.92 Å². The van der Waals surface area contributed by atoms with Crippen LogP contribution in [-0.2, 0) is 0 Å². The lowest BCUT2D eigenvalue weighted by Gasteiger charge is -2.33. The number of hydrogen-bond donors (Lipinski definition) is 1. The van der Waals surface area contributed by atoms with Crippen molar-refractivity contribution in [3.8, 4) is 0 Å². The van der Waals surface area contributed by atoms with Gasteiger partial charge in [0.2, 0.25) is 0 Å². The van der Waals surface area contributed by atoms with Crippen molar-refractivity contribution in [2.45, 2.75) is 70.8 Å². The zero-order valence-corrected chi connectivity index (χ0v) is 12.5. The molecular weight excluding hydrogens is 220 g/mol. The third kappa shape index (κ3) is 4.24. The predicted octanol–water partition coefficient (Wildman–Crippen LogP) is 3.42. The quantitative estimate of drug-likeness (QED) is 0.754. The Morgan fingerprint density at radius 3 is 2.61 bits per heavy atom. The molecule has 1 N–H and O–H groups in total. The number of nitrogens with one attached hydrogen (secondary N) is 1. The van der Waals surface area contributed by atoms with E-state index in [1.165, 1.54) is 77.5 Å². The van der Waals surface area contributed by atoms with E-state index in [9.17, 15) is 0 Å². The summed E-state index contributed by atoms with van der Waals surface area (Å²) in [5.74, 6) is 0.872. The molecule has 1 heterocycles. The van der Waals surface area contributed by atoms with Gasteiger partial charge >= 0.3 is 0 Å². The van der Waals surface area contributed by atoms with Crippen molar-refractivity contribution in [3.05, 3.63) is 0 Å². The van der Waals surface area contributed by atoms with Gasteiger partial charge in [0.15, 0.2) is 0 Å². The maximum atomic E-state index is 3.85. The van der Waals surface area contributed by atoms with E-state index in [-0.39, 0.29) is 0 Å². The lowest BCUT2D eigenvalue weighted by Crippen LogP contribution is -2.49. The fourth-order valence-electron chi connectivity index (χ4n) is 3.68. The van der Waals surface area contributed by atoms with Gasteiger partial charge in [-0.1, -0.05) is 39.5 Å². The highest BCUT2D eigenvalue weighted by atomic mass is 15.2. The summed E-state index contributed by atoms with van der Waals surface area (Å²) in [5, 5.41) is 3.85. The maximum Gasteiger partial charge on any atom is 0.0308 e. The minimum absolute atomic E-state index is 0.495. The molecule has 1 saturated carbocycles. The maximum absolute atomic E-state index is 3.85. The highest BCUT2D eigenvalue weighted by molar-refractivity contribution is 4.96. The van der Waals surface area contributed by atoms with Crippen molar-refractivity contribution in [1.82, 2.24) is 10.2 Å². The Bertz CT molecular complexity index is 231. The molecule has 0 aromatic heterocycles. The van der Waals surface area contributed by atoms with Gasteiger partial charge in [-0.2, -0.15) is 0 Å². The van der Waals surface area contributed by atoms with Crippen molar-refractivity contribution in [2.75, 3.05) is 26.2 Å². The second-order valence-corrected chi connectivity index (χ2v) is 6.93. The van der Waals surface area contributed by atoms with Crippen LogP contribution in [0.2, 0.25) is 0 Å². The molecule has 0 aromatic rings. The van der Waals surface area contributed by atoms with Crippen molar-refractivity contribution < 1.29 is 0 Å². The molecule has 2 heteroatoms. The molecule has 2 fully saturated rings. The lowest BCUT2D eigenvalue weighted by molar-refractivity contribution is 0.206. The van der Waals surface area contributed by atoms with Crippen LogP contribution in [0.3, 0.4) is 0 Å². The highest BCUT2D eigenvalue weighted by Gasteiger charge is 2.35. The SMILES string of the molecule is CC(C)CCCCN1CCCNC2(CCCC2)C1. The van der Waals surface area contributed by atoms with Crippen LogP contribution >= 0.6 is 0 Å². The van der Waals surface area contributed by atoms with Crippen LogP contribution in [-0.4, -0.2) is 36.6 Å². The molecule has 2 nitrogen and oxygen atoms in total. The molecule has 1 aliphatic carbocycles. The van der Waals surface area contributed by atoms with Crippen LogP contribution in [0.25, 0.3) is 0 Å². The van der Waals surface area contributed by atoms with Crippen molar-refractivity contribution >= 4 is 0 Å². The topological polar surface area (TPSA) is 15.3 Å². The molecule has 0 amide bonds. The molecule has 0 bridgehead atoms. The second-order valence-electron chi connectivity index (χ2n) is 6.93. The largest absolute Gasteiger partial charge is 0.310 e. The van der Waals surface area contributed by atoms with Gasteiger partial charge in [-0.3, -0.25) is 0 Å². The molecule has 2 aliphatic rings. The summed E-state index contributed by atoms with van der Waals surface area (Å²) >= 11 is 0. The third-order valence-corrected chi connectivity index (χ3v) is 4.74. The van der Waals surface area contributed by atoms with Crippen molar-refractivity contribution in [3.63, 3.8) is 0 Å². The second kappa shape index (κ2) is 6.91. The first kappa shape index (κ1) is 14.3. The van der Waals surface area contributed by atoms with Gasteiger partial charge in [0.1, 0.15) is 0 Å². The lowest BCUT2D eigenvalue weighted by atomic mass is 9.97. The van der Waals surface area contributed by atoms with Crippen LogP contribution in [0.5, 0.6) is 0 Å². The van der Waals surface area contributed by atoms with Crippen LogP contribution < -0.4 is 5.32 Å². The van der Waals surface area contributed by atoms with E-state index in [1.807, 2.05) is 0 Å². The average molecular weight is 252 g/mol. The molecule has 0 radical (unpaired) electrons. The van der Waals surface area contributed by atoms with Gasteiger partial charge in [0.25, 0.3) is 0 Å². The first-order chi connectivity index (χ1) is 8.70. The molecular formula is C16H32N2. The Hall–Kier alpha value is -0.0800. The molecule has 0 atom stereocenters. The minimum atomic E-state index is 0.495. The van der Waals surface area contributed by atoms with Crippen molar-refractivity contribution in [1.29, 1.82) is 0 Å². The Balaban J connectivity index is 1.73. The summed E-state index contributed by atoms with van der Waals surface area (Å²) in [6.07, 6.45) is 11.2. The minimum Gasteiger partial charge on any atom is -0.310 e. The Morgan fingerprint density at radius 2 is 1.89 bits per heavy atom. The molecule has 1 saturated heterocycles. The molecule has 2 rings (SSSR count). The summed E-state index contributed by atoms with van der Waals surface area (Å²) in [4.78, 5) is 2.74. The van der Waals surface area contributed by atoms with E-state index >= 15 is 0 Å². The molecule has 1 spiro atoms. The molecule has 1 aliphatic heterocycles. The Kier molecular flexibility index (Phi) is 5.50. The molecule has 106 valence electrons. The smallest absolute Gasteiger partial charge is 0.0308 e. The van der Waals surface area contributed by atoms with E-state index in [2.05, 4.69) is 24.1 Å².